The highest BCUT2D eigenvalue weighted by atomic mass is 19.1. The minimum atomic E-state index is -0.739. The molecular weight excluding hydrogens is 263 g/mol. The molecule has 0 radical (unpaired) electrons. The number of rotatable bonds is 4. The highest BCUT2D eigenvalue weighted by Gasteiger charge is 2.52. The van der Waals surface area contributed by atoms with Crippen molar-refractivity contribution < 1.29 is 19.0 Å². The molecule has 0 amide bonds. The van der Waals surface area contributed by atoms with Gasteiger partial charge in [0, 0.05) is 12.7 Å². The van der Waals surface area contributed by atoms with Crippen molar-refractivity contribution in [3.05, 3.63) is 24.1 Å². The van der Waals surface area contributed by atoms with Gasteiger partial charge < -0.3 is 15.2 Å². The molecule has 108 valence electrons. The molecule has 1 aliphatic heterocycles. The fourth-order valence-electron chi connectivity index (χ4n) is 3.08. The van der Waals surface area contributed by atoms with Crippen LogP contribution in [0.25, 0.3) is 0 Å². The molecule has 20 heavy (non-hydrogen) atoms. The Balaban J connectivity index is 1.50. The first kappa shape index (κ1) is 13.3. The zero-order chi connectivity index (χ0) is 14.2. The number of nitrogens with one attached hydrogen (secondary N) is 1. The molecule has 1 saturated carbocycles. The van der Waals surface area contributed by atoms with Crippen LogP contribution in [0.2, 0.25) is 0 Å². The second-order valence-electron chi connectivity index (χ2n) is 5.62. The van der Waals surface area contributed by atoms with Gasteiger partial charge in [-0.3, -0.25) is 4.79 Å². The number of halogens is 1. The molecule has 1 unspecified atom stereocenters. The topological polar surface area (TPSA) is 71.5 Å². The lowest BCUT2D eigenvalue weighted by molar-refractivity contribution is -0.164. The Hall–Kier alpha value is -1.69. The third-order valence-electron chi connectivity index (χ3n) is 4.18. The van der Waals surface area contributed by atoms with Crippen LogP contribution in [0.1, 0.15) is 25.7 Å². The summed E-state index contributed by atoms with van der Waals surface area (Å²) in [6.07, 6.45) is 4.46. The molecule has 1 aliphatic carbocycles. The van der Waals surface area contributed by atoms with Gasteiger partial charge in [0.1, 0.15) is 0 Å². The molecule has 3 rings (SSSR count). The second-order valence-corrected chi connectivity index (χ2v) is 5.62. The SMILES string of the molecule is O=C(O)C1CC2(CCC(CNc3ncccc3F)O2)C1. The molecule has 1 spiro atoms. The summed E-state index contributed by atoms with van der Waals surface area (Å²) in [7, 11) is 0. The molecule has 1 aromatic rings. The van der Waals surface area contributed by atoms with E-state index in [1.807, 2.05) is 0 Å². The van der Waals surface area contributed by atoms with Crippen LogP contribution in [0.15, 0.2) is 18.3 Å². The van der Waals surface area contributed by atoms with Gasteiger partial charge in [0.2, 0.25) is 0 Å². The Morgan fingerprint density at radius 1 is 1.60 bits per heavy atom. The van der Waals surface area contributed by atoms with Crippen molar-refractivity contribution in [2.45, 2.75) is 37.4 Å². The number of anilines is 1. The predicted octanol–water partition coefficient (Wildman–Crippen LogP) is 2.04. The van der Waals surface area contributed by atoms with Crippen molar-refractivity contribution >= 4 is 11.8 Å². The van der Waals surface area contributed by atoms with E-state index in [1.54, 1.807) is 6.07 Å². The van der Waals surface area contributed by atoms with Gasteiger partial charge in [0.15, 0.2) is 11.6 Å². The summed E-state index contributed by atoms with van der Waals surface area (Å²) in [6.45, 7) is 0.493. The van der Waals surface area contributed by atoms with E-state index in [4.69, 9.17) is 9.84 Å². The Labute approximate surface area is 116 Å². The largest absolute Gasteiger partial charge is 0.481 e. The van der Waals surface area contributed by atoms with Gasteiger partial charge in [0.25, 0.3) is 0 Å². The molecular formula is C14H17FN2O3. The van der Waals surface area contributed by atoms with Gasteiger partial charge in [0.05, 0.1) is 17.6 Å². The van der Waals surface area contributed by atoms with Crippen LogP contribution in [-0.4, -0.2) is 34.3 Å². The lowest BCUT2D eigenvalue weighted by atomic mass is 9.69. The first-order valence-corrected chi connectivity index (χ1v) is 6.83. The van der Waals surface area contributed by atoms with E-state index >= 15 is 0 Å². The standard InChI is InChI=1S/C14H17FN2O3/c15-11-2-1-5-16-12(11)17-8-10-3-4-14(20-10)6-9(7-14)13(18)19/h1-2,5,9-10H,3-4,6-8H2,(H,16,17)(H,18,19). The molecule has 2 aliphatic rings. The molecule has 6 heteroatoms. The smallest absolute Gasteiger partial charge is 0.306 e. The minimum Gasteiger partial charge on any atom is -0.481 e. The first-order chi connectivity index (χ1) is 9.58. The van der Waals surface area contributed by atoms with Crippen LogP contribution in [0, 0.1) is 11.7 Å². The van der Waals surface area contributed by atoms with Gasteiger partial charge in [-0.2, -0.15) is 0 Å². The number of ether oxygens (including phenoxy) is 1. The number of nitrogens with zero attached hydrogens (tertiary/aromatic N) is 1. The highest BCUT2D eigenvalue weighted by Crippen LogP contribution is 2.49. The number of carbonyl (C=O) groups is 1. The van der Waals surface area contributed by atoms with Crippen molar-refractivity contribution in [1.29, 1.82) is 0 Å². The Kier molecular flexibility index (Phi) is 3.33. The molecule has 1 aromatic heterocycles. The maximum atomic E-state index is 13.4. The molecule has 0 aromatic carbocycles. The van der Waals surface area contributed by atoms with Crippen LogP contribution >= 0.6 is 0 Å². The fraction of sp³-hybridized carbons (Fsp3) is 0.571. The van der Waals surface area contributed by atoms with E-state index in [2.05, 4.69) is 10.3 Å². The van der Waals surface area contributed by atoms with E-state index < -0.39 is 5.97 Å². The highest BCUT2D eigenvalue weighted by molar-refractivity contribution is 5.71. The van der Waals surface area contributed by atoms with E-state index in [0.717, 1.165) is 12.8 Å². The minimum absolute atomic E-state index is 0.00819. The predicted molar refractivity (Wildman–Crippen MR) is 69.9 cm³/mol. The summed E-state index contributed by atoms with van der Waals surface area (Å²) in [4.78, 5) is 14.8. The van der Waals surface area contributed by atoms with E-state index in [9.17, 15) is 9.18 Å². The third kappa shape index (κ3) is 2.47. The first-order valence-electron chi connectivity index (χ1n) is 6.83. The zero-order valence-electron chi connectivity index (χ0n) is 11.0. The molecule has 0 bridgehead atoms. The van der Waals surface area contributed by atoms with Gasteiger partial charge in [-0.1, -0.05) is 0 Å². The average Bonchev–Trinajstić information content (AvgIpc) is 2.80. The number of pyridine rings is 1. The van der Waals surface area contributed by atoms with Crippen LogP contribution in [0.3, 0.4) is 0 Å². The van der Waals surface area contributed by atoms with Crippen LogP contribution in [0.4, 0.5) is 10.2 Å². The molecule has 1 atom stereocenters. The molecule has 2 heterocycles. The summed E-state index contributed by atoms with van der Waals surface area (Å²) in [5.41, 5.74) is -0.252. The van der Waals surface area contributed by atoms with Crippen molar-refractivity contribution in [2.24, 2.45) is 5.92 Å². The summed E-state index contributed by atoms with van der Waals surface area (Å²) < 4.78 is 19.4. The van der Waals surface area contributed by atoms with Gasteiger partial charge in [-0.25, -0.2) is 9.37 Å². The van der Waals surface area contributed by atoms with Crippen molar-refractivity contribution in [2.75, 3.05) is 11.9 Å². The molecule has 2 fully saturated rings. The van der Waals surface area contributed by atoms with Crippen LogP contribution < -0.4 is 5.32 Å². The third-order valence-corrected chi connectivity index (χ3v) is 4.18. The number of aromatic nitrogens is 1. The maximum absolute atomic E-state index is 13.4. The second kappa shape index (κ2) is 5.01. The molecule has 1 saturated heterocycles. The average molecular weight is 280 g/mol. The van der Waals surface area contributed by atoms with E-state index in [1.165, 1.54) is 12.3 Å². The van der Waals surface area contributed by atoms with Crippen molar-refractivity contribution in [1.82, 2.24) is 4.98 Å². The number of hydrogen-bond donors (Lipinski definition) is 2. The van der Waals surface area contributed by atoms with Gasteiger partial charge in [-0.05, 0) is 37.8 Å². The number of aliphatic carboxylic acids is 1. The molecule has 5 nitrogen and oxygen atoms in total. The summed E-state index contributed by atoms with van der Waals surface area (Å²) in [5.74, 6) is -1.16. The Morgan fingerprint density at radius 2 is 2.40 bits per heavy atom. The maximum Gasteiger partial charge on any atom is 0.306 e. The van der Waals surface area contributed by atoms with Crippen LogP contribution in [0.5, 0.6) is 0 Å². The molecule has 2 N–H and O–H groups in total. The van der Waals surface area contributed by atoms with E-state index in [0.29, 0.717) is 19.4 Å². The van der Waals surface area contributed by atoms with Crippen molar-refractivity contribution in [3.8, 4) is 0 Å². The van der Waals surface area contributed by atoms with E-state index in [-0.39, 0.29) is 29.3 Å². The summed E-state index contributed by atoms with van der Waals surface area (Å²) >= 11 is 0. The Bertz CT molecular complexity index is 517. The quantitative estimate of drug-likeness (QED) is 0.883. The normalized spacial score (nSPS) is 32.0. The fourth-order valence-corrected chi connectivity index (χ4v) is 3.08. The van der Waals surface area contributed by atoms with Crippen LogP contribution in [-0.2, 0) is 9.53 Å². The van der Waals surface area contributed by atoms with Gasteiger partial charge >= 0.3 is 5.97 Å². The van der Waals surface area contributed by atoms with Gasteiger partial charge in [-0.15, -0.1) is 0 Å². The number of hydrogen-bond acceptors (Lipinski definition) is 4. The lowest BCUT2D eigenvalue weighted by Crippen LogP contribution is -2.47. The number of carboxylic acid groups (broad SMARTS) is 1. The summed E-state index contributed by atoms with van der Waals surface area (Å²) in [6, 6.07) is 2.90. The number of carboxylic acids is 1. The Morgan fingerprint density at radius 3 is 3.10 bits per heavy atom. The zero-order valence-corrected chi connectivity index (χ0v) is 11.0. The summed E-state index contributed by atoms with van der Waals surface area (Å²) in [5, 5.41) is 11.9. The lowest BCUT2D eigenvalue weighted by Gasteiger charge is -2.42. The monoisotopic (exact) mass is 280 g/mol. The van der Waals surface area contributed by atoms with Crippen molar-refractivity contribution in [3.63, 3.8) is 0 Å².